The van der Waals surface area contributed by atoms with E-state index in [1.54, 1.807) is 42.5 Å². The second-order valence-corrected chi connectivity index (χ2v) is 9.26. The summed E-state index contributed by atoms with van der Waals surface area (Å²) in [6.07, 6.45) is 4.94. The van der Waals surface area contributed by atoms with Crippen LogP contribution in [0.3, 0.4) is 0 Å². The highest BCUT2D eigenvalue weighted by atomic mass is 35.5. The molecule has 2 aromatic rings. The molecule has 1 heterocycles. The molecule has 2 fully saturated rings. The molecule has 2 bridgehead atoms. The topological polar surface area (TPSA) is 75.7 Å². The van der Waals surface area contributed by atoms with Gasteiger partial charge in [0.25, 0.3) is 0 Å². The SMILES string of the molecule is CCOc1ccc(NC(=O)CC(c2cccc(Cl)c2)N2C(=O)C3C4C=CC(C4)C3C2=O)cc1. The lowest BCUT2D eigenvalue weighted by Crippen LogP contribution is -2.38. The summed E-state index contributed by atoms with van der Waals surface area (Å²) in [5.74, 6) is -0.343. The molecule has 5 atom stereocenters. The van der Waals surface area contributed by atoms with Gasteiger partial charge in [0.15, 0.2) is 0 Å². The molecule has 1 saturated heterocycles. The molecular formula is C26H25ClN2O4. The van der Waals surface area contributed by atoms with E-state index in [-0.39, 0.29) is 47.8 Å². The van der Waals surface area contributed by atoms with E-state index in [1.165, 1.54) is 4.90 Å². The van der Waals surface area contributed by atoms with E-state index in [2.05, 4.69) is 17.5 Å². The van der Waals surface area contributed by atoms with E-state index >= 15 is 0 Å². The van der Waals surface area contributed by atoms with E-state index in [0.717, 1.165) is 12.2 Å². The number of carbonyl (C=O) groups is 3. The molecule has 7 heteroatoms. The number of allylic oxidation sites excluding steroid dienone is 2. The average Bonchev–Trinajstić information content (AvgIpc) is 3.48. The van der Waals surface area contributed by atoms with Crippen LogP contribution in [-0.4, -0.2) is 29.2 Å². The van der Waals surface area contributed by atoms with Gasteiger partial charge in [0.2, 0.25) is 17.7 Å². The Labute approximate surface area is 197 Å². The fourth-order valence-electron chi connectivity index (χ4n) is 5.49. The number of halogens is 1. The number of hydrogen-bond donors (Lipinski definition) is 1. The first kappa shape index (κ1) is 21.7. The molecule has 6 nitrogen and oxygen atoms in total. The van der Waals surface area contributed by atoms with Crippen LogP contribution in [0.1, 0.15) is 31.4 Å². The van der Waals surface area contributed by atoms with Crippen molar-refractivity contribution in [2.24, 2.45) is 23.7 Å². The molecule has 33 heavy (non-hydrogen) atoms. The van der Waals surface area contributed by atoms with Gasteiger partial charge in [-0.3, -0.25) is 19.3 Å². The third-order valence-corrected chi connectivity index (χ3v) is 7.11. The number of nitrogens with one attached hydrogen (secondary N) is 1. The van der Waals surface area contributed by atoms with Gasteiger partial charge in [-0.2, -0.15) is 0 Å². The minimum Gasteiger partial charge on any atom is -0.494 e. The Balaban J connectivity index is 1.39. The maximum absolute atomic E-state index is 13.4. The zero-order chi connectivity index (χ0) is 23.1. The van der Waals surface area contributed by atoms with E-state index < -0.39 is 6.04 Å². The summed E-state index contributed by atoms with van der Waals surface area (Å²) in [4.78, 5) is 41.2. The third-order valence-electron chi connectivity index (χ3n) is 6.88. The van der Waals surface area contributed by atoms with Crippen molar-refractivity contribution >= 4 is 35.0 Å². The van der Waals surface area contributed by atoms with Crippen molar-refractivity contribution in [2.45, 2.75) is 25.8 Å². The van der Waals surface area contributed by atoms with Crippen molar-refractivity contribution in [3.63, 3.8) is 0 Å². The van der Waals surface area contributed by atoms with Gasteiger partial charge in [-0.25, -0.2) is 0 Å². The van der Waals surface area contributed by atoms with Crippen molar-refractivity contribution in [3.8, 4) is 5.75 Å². The summed E-state index contributed by atoms with van der Waals surface area (Å²) in [7, 11) is 0. The van der Waals surface area contributed by atoms with Crippen LogP contribution >= 0.6 is 11.6 Å². The molecule has 1 aliphatic heterocycles. The Kier molecular flexibility index (Phi) is 5.71. The number of benzene rings is 2. The van der Waals surface area contributed by atoms with Crippen molar-refractivity contribution in [1.82, 2.24) is 4.90 Å². The minimum absolute atomic E-state index is 0.0484. The van der Waals surface area contributed by atoms with Crippen LogP contribution in [-0.2, 0) is 14.4 Å². The van der Waals surface area contributed by atoms with Gasteiger partial charge in [0.05, 0.1) is 30.9 Å². The summed E-state index contributed by atoms with van der Waals surface area (Å²) in [5.41, 5.74) is 1.29. The Morgan fingerprint density at radius 3 is 2.36 bits per heavy atom. The molecule has 170 valence electrons. The first-order chi connectivity index (χ1) is 16.0. The van der Waals surface area contributed by atoms with Gasteiger partial charge in [-0.05, 0) is 67.1 Å². The van der Waals surface area contributed by atoms with Crippen LogP contribution in [0.15, 0.2) is 60.7 Å². The Hall–Kier alpha value is -3.12. The van der Waals surface area contributed by atoms with Crippen LogP contribution in [0.25, 0.3) is 0 Å². The van der Waals surface area contributed by atoms with E-state index in [4.69, 9.17) is 16.3 Å². The normalized spacial score (nSPS) is 25.9. The number of nitrogens with zero attached hydrogens (tertiary/aromatic N) is 1. The molecule has 2 aliphatic carbocycles. The van der Waals surface area contributed by atoms with Crippen LogP contribution in [0, 0.1) is 23.7 Å². The molecule has 0 radical (unpaired) electrons. The van der Waals surface area contributed by atoms with Gasteiger partial charge in [0, 0.05) is 10.7 Å². The van der Waals surface area contributed by atoms with Crippen LogP contribution < -0.4 is 10.1 Å². The number of rotatable bonds is 7. The second kappa shape index (κ2) is 8.67. The highest BCUT2D eigenvalue weighted by Crippen LogP contribution is 2.54. The van der Waals surface area contributed by atoms with Crippen molar-refractivity contribution in [1.29, 1.82) is 0 Å². The summed E-state index contributed by atoms with van der Waals surface area (Å²) in [6, 6.07) is 13.4. The predicted molar refractivity (Wildman–Crippen MR) is 125 cm³/mol. The molecular weight excluding hydrogens is 440 g/mol. The van der Waals surface area contributed by atoms with Gasteiger partial charge in [-0.15, -0.1) is 0 Å². The summed E-state index contributed by atoms with van der Waals surface area (Å²) in [6.45, 7) is 2.46. The van der Waals surface area contributed by atoms with Crippen molar-refractivity contribution in [2.75, 3.05) is 11.9 Å². The molecule has 0 aromatic heterocycles. The van der Waals surface area contributed by atoms with Gasteiger partial charge in [-0.1, -0.05) is 35.9 Å². The summed E-state index contributed by atoms with van der Waals surface area (Å²) >= 11 is 6.22. The molecule has 1 N–H and O–H groups in total. The lowest BCUT2D eigenvalue weighted by molar-refractivity contribution is -0.144. The molecule has 5 rings (SSSR count). The van der Waals surface area contributed by atoms with Crippen LogP contribution in [0.4, 0.5) is 5.69 Å². The monoisotopic (exact) mass is 464 g/mol. The quantitative estimate of drug-likeness (QED) is 0.479. The molecule has 3 amide bonds. The lowest BCUT2D eigenvalue weighted by atomic mass is 9.85. The van der Waals surface area contributed by atoms with Crippen molar-refractivity contribution in [3.05, 3.63) is 71.3 Å². The van der Waals surface area contributed by atoms with E-state index in [1.807, 2.05) is 13.0 Å². The molecule has 1 saturated carbocycles. The molecule has 5 unspecified atom stereocenters. The zero-order valence-electron chi connectivity index (χ0n) is 18.2. The Bertz CT molecular complexity index is 1100. The maximum Gasteiger partial charge on any atom is 0.234 e. The minimum atomic E-state index is -0.712. The standard InChI is InChI=1S/C26H25ClN2O4/c1-2-33-20-10-8-19(9-11-20)28-22(30)14-21(15-4-3-5-18(27)13-15)29-25(31)23-16-6-7-17(12-16)24(23)26(29)32/h3-11,13,16-17,21,23-24H,2,12,14H2,1H3,(H,28,30). The highest BCUT2D eigenvalue weighted by Gasteiger charge is 2.60. The van der Waals surface area contributed by atoms with Crippen molar-refractivity contribution < 1.29 is 19.1 Å². The average molecular weight is 465 g/mol. The number of amides is 3. The number of fused-ring (bicyclic) bond motifs is 5. The van der Waals surface area contributed by atoms with E-state index in [0.29, 0.717) is 22.9 Å². The largest absolute Gasteiger partial charge is 0.494 e. The number of hydrogen-bond acceptors (Lipinski definition) is 4. The van der Waals surface area contributed by atoms with Crippen LogP contribution in [0.2, 0.25) is 5.02 Å². The number of anilines is 1. The lowest BCUT2D eigenvalue weighted by Gasteiger charge is -2.28. The van der Waals surface area contributed by atoms with Gasteiger partial charge in [0.1, 0.15) is 5.75 Å². The zero-order valence-corrected chi connectivity index (χ0v) is 19.0. The predicted octanol–water partition coefficient (Wildman–Crippen LogP) is 4.62. The van der Waals surface area contributed by atoms with Gasteiger partial charge < -0.3 is 10.1 Å². The third kappa shape index (κ3) is 3.93. The first-order valence-corrected chi connectivity index (χ1v) is 11.7. The Morgan fingerprint density at radius 2 is 1.76 bits per heavy atom. The maximum atomic E-state index is 13.4. The summed E-state index contributed by atoms with van der Waals surface area (Å²) in [5, 5.41) is 3.36. The fourth-order valence-corrected chi connectivity index (χ4v) is 5.69. The first-order valence-electron chi connectivity index (χ1n) is 11.3. The number of likely N-dealkylation sites (tertiary alicyclic amines) is 1. The summed E-state index contributed by atoms with van der Waals surface area (Å²) < 4.78 is 5.44. The number of imide groups is 1. The number of carbonyl (C=O) groups excluding carboxylic acids is 3. The number of ether oxygens (including phenoxy) is 1. The second-order valence-electron chi connectivity index (χ2n) is 8.83. The molecule has 0 spiro atoms. The van der Waals surface area contributed by atoms with E-state index in [9.17, 15) is 14.4 Å². The van der Waals surface area contributed by atoms with Gasteiger partial charge >= 0.3 is 0 Å². The smallest absolute Gasteiger partial charge is 0.234 e. The molecule has 3 aliphatic rings. The highest BCUT2D eigenvalue weighted by molar-refractivity contribution is 6.30. The van der Waals surface area contributed by atoms with Crippen LogP contribution in [0.5, 0.6) is 5.75 Å². The molecule has 2 aromatic carbocycles. The fraction of sp³-hybridized carbons (Fsp3) is 0.346. The Morgan fingerprint density at radius 1 is 1.09 bits per heavy atom.